The third-order valence-corrected chi connectivity index (χ3v) is 5.66. The van der Waals surface area contributed by atoms with Gasteiger partial charge in [0.05, 0.1) is 29.1 Å². The number of benzene rings is 2. The first-order valence-corrected chi connectivity index (χ1v) is 10.4. The van der Waals surface area contributed by atoms with Crippen LogP contribution in [-0.2, 0) is 0 Å². The van der Waals surface area contributed by atoms with Crippen LogP contribution >= 0.6 is 34.5 Å². The van der Waals surface area contributed by atoms with Crippen LogP contribution in [0.2, 0.25) is 10.0 Å². The molecule has 0 fully saturated rings. The molecule has 0 aliphatic heterocycles. The van der Waals surface area contributed by atoms with Crippen LogP contribution in [0.4, 0.5) is 5.13 Å². The van der Waals surface area contributed by atoms with E-state index >= 15 is 0 Å². The summed E-state index contributed by atoms with van der Waals surface area (Å²) in [5.41, 5.74) is 5.11. The van der Waals surface area contributed by atoms with Gasteiger partial charge < -0.3 is 9.15 Å². The minimum atomic E-state index is -0.489. The quantitative estimate of drug-likeness (QED) is 0.222. The van der Waals surface area contributed by atoms with Crippen LogP contribution in [-0.4, -0.2) is 17.8 Å². The fraction of sp³-hybridized carbons (Fsp3) is 0.0952. The number of anilines is 1. The minimum Gasteiger partial charge on any atom is -0.493 e. The van der Waals surface area contributed by atoms with Gasteiger partial charge in [-0.15, -0.1) is 11.3 Å². The Bertz CT molecular complexity index is 1330. The molecule has 0 saturated heterocycles. The van der Waals surface area contributed by atoms with E-state index in [4.69, 9.17) is 32.4 Å². The Morgan fingerprint density at radius 3 is 2.83 bits per heavy atom. The first-order chi connectivity index (χ1) is 14.5. The Hall–Kier alpha value is -2.87. The van der Waals surface area contributed by atoms with Crippen LogP contribution in [0.25, 0.3) is 22.2 Å². The number of nitrogens with one attached hydrogen (secondary N) is 1. The summed E-state index contributed by atoms with van der Waals surface area (Å²) in [7, 11) is 1.53. The van der Waals surface area contributed by atoms with E-state index in [1.54, 1.807) is 35.7 Å². The molecular weight excluding hydrogens is 445 g/mol. The van der Waals surface area contributed by atoms with E-state index < -0.39 is 5.63 Å². The summed E-state index contributed by atoms with van der Waals surface area (Å²) in [6.45, 7) is 1.82. The second kappa shape index (κ2) is 8.47. The zero-order valence-electron chi connectivity index (χ0n) is 15.9. The third kappa shape index (κ3) is 4.05. The number of hydrazone groups is 1. The molecule has 0 unspecified atom stereocenters. The highest BCUT2D eigenvalue weighted by Crippen LogP contribution is 2.29. The monoisotopic (exact) mass is 459 g/mol. The minimum absolute atomic E-state index is 0.363. The lowest BCUT2D eigenvalue weighted by atomic mass is 10.1. The number of fused-ring (bicyclic) bond motifs is 1. The molecule has 0 bridgehead atoms. The summed E-state index contributed by atoms with van der Waals surface area (Å²) < 4.78 is 10.7. The lowest BCUT2D eigenvalue weighted by molar-refractivity contribution is 0.407. The fourth-order valence-electron chi connectivity index (χ4n) is 2.88. The normalized spacial score (nSPS) is 11.7. The Kier molecular flexibility index (Phi) is 5.76. The molecule has 152 valence electrons. The number of thiazole rings is 1. The van der Waals surface area contributed by atoms with E-state index in [9.17, 15) is 4.79 Å². The number of hydrogen-bond donors (Lipinski definition) is 1. The van der Waals surface area contributed by atoms with E-state index in [-0.39, 0.29) is 0 Å². The Morgan fingerprint density at radius 1 is 1.23 bits per heavy atom. The molecule has 6 nitrogen and oxygen atoms in total. The molecular formula is C21H15Cl2N3O3S. The van der Waals surface area contributed by atoms with Crippen molar-refractivity contribution in [2.75, 3.05) is 12.5 Å². The van der Waals surface area contributed by atoms with Gasteiger partial charge in [0, 0.05) is 21.4 Å². The van der Waals surface area contributed by atoms with Gasteiger partial charge in [-0.3, -0.25) is 5.43 Å². The number of ether oxygens (including phenoxy) is 1. The first-order valence-electron chi connectivity index (χ1n) is 8.79. The maximum absolute atomic E-state index is 12.5. The molecule has 0 aliphatic rings. The average Bonchev–Trinajstić information content (AvgIpc) is 3.20. The summed E-state index contributed by atoms with van der Waals surface area (Å²) in [6.07, 6.45) is 0. The molecule has 0 atom stereocenters. The number of hydrogen-bond acceptors (Lipinski definition) is 7. The molecule has 4 aromatic rings. The highest BCUT2D eigenvalue weighted by Gasteiger charge is 2.14. The van der Waals surface area contributed by atoms with E-state index in [1.165, 1.54) is 18.4 Å². The second-order valence-corrected chi connectivity index (χ2v) is 8.00. The molecule has 1 N–H and O–H groups in total. The lowest BCUT2D eigenvalue weighted by Gasteiger charge is -2.05. The predicted octanol–water partition coefficient (Wildman–Crippen LogP) is 6.07. The van der Waals surface area contributed by atoms with Gasteiger partial charge in [0.25, 0.3) is 0 Å². The zero-order valence-corrected chi connectivity index (χ0v) is 18.2. The van der Waals surface area contributed by atoms with Gasteiger partial charge in [-0.05, 0) is 31.2 Å². The van der Waals surface area contributed by atoms with Gasteiger partial charge in [-0.25, -0.2) is 9.78 Å². The molecule has 0 aliphatic carbocycles. The summed E-state index contributed by atoms with van der Waals surface area (Å²) in [4.78, 5) is 16.9. The summed E-state index contributed by atoms with van der Waals surface area (Å²) in [5.74, 6) is 0.502. The predicted molar refractivity (Wildman–Crippen MR) is 122 cm³/mol. The van der Waals surface area contributed by atoms with Crippen molar-refractivity contribution in [3.05, 3.63) is 73.9 Å². The van der Waals surface area contributed by atoms with Crippen molar-refractivity contribution in [1.29, 1.82) is 0 Å². The number of aromatic nitrogens is 1. The Labute approximate surface area is 185 Å². The maximum atomic E-state index is 12.5. The molecule has 2 aromatic heterocycles. The molecule has 0 spiro atoms. The van der Waals surface area contributed by atoms with Gasteiger partial charge >= 0.3 is 5.63 Å². The number of methoxy groups -OCH3 is 1. The molecule has 0 saturated carbocycles. The summed E-state index contributed by atoms with van der Waals surface area (Å²) in [5, 5.41) is 8.43. The smallest absolute Gasteiger partial charge is 0.345 e. The van der Waals surface area contributed by atoms with Crippen LogP contribution in [0.1, 0.15) is 12.5 Å². The van der Waals surface area contributed by atoms with E-state index in [1.807, 2.05) is 19.1 Å². The van der Waals surface area contributed by atoms with Crippen molar-refractivity contribution >= 4 is 56.4 Å². The molecule has 30 heavy (non-hydrogen) atoms. The largest absolute Gasteiger partial charge is 0.493 e. The molecule has 0 amide bonds. The lowest BCUT2D eigenvalue weighted by Crippen LogP contribution is -2.04. The fourth-order valence-corrected chi connectivity index (χ4v) is 4.08. The molecule has 4 rings (SSSR count). The molecule has 0 radical (unpaired) electrons. The topological polar surface area (TPSA) is 76.7 Å². The van der Waals surface area contributed by atoms with Crippen LogP contribution in [0.3, 0.4) is 0 Å². The third-order valence-electron chi connectivity index (χ3n) is 4.36. The average molecular weight is 460 g/mol. The number of para-hydroxylation sites is 1. The Balaban J connectivity index is 1.61. The van der Waals surface area contributed by atoms with Crippen LogP contribution in [0.15, 0.2) is 62.2 Å². The van der Waals surface area contributed by atoms with E-state index in [0.717, 1.165) is 10.9 Å². The van der Waals surface area contributed by atoms with Gasteiger partial charge in [-0.1, -0.05) is 41.4 Å². The van der Waals surface area contributed by atoms with Crippen molar-refractivity contribution in [3.63, 3.8) is 0 Å². The van der Waals surface area contributed by atoms with Crippen molar-refractivity contribution in [2.45, 2.75) is 6.92 Å². The van der Waals surface area contributed by atoms with Crippen LogP contribution < -0.4 is 15.8 Å². The number of halogens is 2. The second-order valence-electron chi connectivity index (χ2n) is 6.30. The summed E-state index contributed by atoms with van der Waals surface area (Å²) >= 11 is 13.5. The number of nitrogens with zero attached hydrogens (tertiary/aromatic N) is 2. The number of rotatable bonds is 5. The van der Waals surface area contributed by atoms with Gasteiger partial charge in [0.1, 0.15) is 0 Å². The van der Waals surface area contributed by atoms with E-state index in [2.05, 4.69) is 15.5 Å². The SMILES string of the molecule is COc1cccc2cc(-c3csc(N/N=C(\C)c4ccc(Cl)cc4Cl)n3)c(=O)oc12. The summed E-state index contributed by atoms with van der Waals surface area (Å²) in [6, 6.07) is 12.4. The van der Waals surface area contributed by atoms with Crippen molar-refractivity contribution in [2.24, 2.45) is 5.10 Å². The standard InChI is InChI=1S/C21H15Cl2N3O3S/c1-11(14-7-6-13(22)9-16(14)23)25-26-21-24-17(10-30-21)15-8-12-4-3-5-18(28-2)19(12)29-20(15)27/h3-10H,1-2H3,(H,24,26)/b25-11+. The van der Waals surface area contributed by atoms with Gasteiger partial charge in [0.2, 0.25) is 5.13 Å². The molecule has 2 aromatic carbocycles. The van der Waals surface area contributed by atoms with Crippen molar-refractivity contribution < 1.29 is 9.15 Å². The van der Waals surface area contributed by atoms with E-state index in [0.29, 0.717) is 43.5 Å². The molecule has 2 heterocycles. The van der Waals surface area contributed by atoms with Crippen molar-refractivity contribution in [3.8, 4) is 17.0 Å². The first kappa shape index (κ1) is 20.4. The van der Waals surface area contributed by atoms with Gasteiger partial charge in [-0.2, -0.15) is 5.10 Å². The highest BCUT2D eigenvalue weighted by atomic mass is 35.5. The highest BCUT2D eigenvalue weighted by molar-refractivity contribution is 7.14. The molecule has 9 heteroatoms. The Morgan fingerprint density at radius 2 is 2.07 bits per heavy atom. The maximum Gasteiger partial charge on any atom is 0.345 e. The zero-order chi connectivity index (χ0) is 21.3. The van der Waals surface area contributed by atoms with Crippen molar-refractivity contribution in [1.82, 2.24) is 4.98 Å². The van der Waals surface area contributed by atoms with Crippen LogP contribution in [0, 0.1) is 0 Å². The van der Waals surface area contributed by atoms with Gasteiger partial charge in [0.15, 0.2) is 11.3 Å². The van der Waals surface area contributed by atoms with Crippen LogP contribution in [0.5, 0.6) is 5.75 Å².